The number of halogens is 1. The Kier molecular flexibility index (Phi) is 6.16. The summed E-state index contributed by atoms with van der Waals surface area (Å²) in [5, 5.41) is 3.27. The molecular formula is C20H26ClN5O. The van der Waals surface area contributed by atoms with Crippen LogP contribution in [0, 0.1) is 5.92 Å². The van der Waals surface area contributed by atoms with Gasteiger partial charge in [0.05, 0.1) is 6.04 Å². The molecular weight excluding hydrogens is 362 g/mol. The maximum atomic E-state index is 12.9. The maximum Gasteiger partial charge on any atom is 0.322 e. The van der Waals surface area contributed by atoms with Crippen molar-refractivity contribution in [2.75, 3.05) is 29.9 Å². The van der Waals surface area contributed by atoms with Gasteiger partial charge in [-0.2, -0.15) is 0 Å². The third kappa shape index (κ3) is 4.69. The molecule has 2 heterocycles. The van der Waals surface area contributed by atoms with Crippen LogP contribution >= 0.6 is 11.6 Å². The Morgan fingerprint density at radius 2 is 2.00 bits per heavy atom. The molecule has 2 amide bonds. The van der Waals surface area contributed by atoms with Gasteiger partial charge in [0.15, 0.2) is 0 Å². The second-order valence-electron chi connectivity index (χ2n) is 7.12. The minimum absolute atomic E-state index is 0.0571. The zero-order valence-electron chi connectivity index (χ0n) is 16.0. The summed E-state index contributed by atoms with van der Waals surface area (Å²) in [4.78, 5) is 25.2. The number of aromatic nitrogens is 2. The first-order chi connectivity index (χ1) is 13.0. The van der Waals surface area contributed by atoms with Crippen LogP contribution in [0.5, 0.6) is 0 Å². The summed E-state index contributed by atoms with van der Waals surface area (Å²) in [7, 11) is 0. The number of benzene rings is 1. The number of hydrogen-bond acceptors (Lipinski definition) is 4. The fourth-order valence-corrected chi connectivity index (χ4v) is 3.51. The van der Waals surface area contributed by atoms with Gasteiger partial charge in [-0.3, -0.25) is 0 Å². The van der Waals surface area contributed by atoms with E-state index in [2.05, 4.69) is 41.0 Å². The normalized spacial score (nSPS) is 17.3. The van der Waals surface area contributed by atoms with Crippen LogP contribution < -0.4 is 10.2 Å². The average molecular weight is 388 g/mol. The number of urea groups is 1. The largest absolute Gasteiger partial charge is 0.353 e. The molecule has 1 aromatic heterocycles. The van der Waals surface area contributed by atoms with Crippen molar-refractivity contribution < 1.29 is 4.79 Å². The van der Waals surface area contributed by atoms with E-state index in [-0.39, 0.29) is 17.4 Å². The van der Waals surface area contributed by atoms with Gasteiger partial charge >= 0.3 is 6.03 Å². The zero-order chi connectivity index (χ0) is 19.4. The van der Waals surface area contributed by atoms with Gasteiger partial charge in [-0.25, -0.2) is 14.8 Å². The van der Waals surface area contributed by atoms with Gasteiger partial charge in [0, 0.05) is 31.5 Å². The Bertz CT molecular complexity index is 780. The number of anilines is 2. The number of nitrogens with one attached hydrogen (secondary N) is 1. The van der Waals surface area contributed by atoms with Crippen LogP contribution in [-0.4, -0.2) is 46.6 Å². The number of carbonyl (C=O) groups is 1. The van der Waals surface area contributed by atoms with E-state index in [9.17, 15) is 4.79 Å². The average Bonchev–Trinajstić information content (AvgIpc) is 2.68. The molecule has 0 spiro atoms. The predicted molar refractivity (Wildman–Crippen MR) is 109 cm³/mol. The van der Waals surface area contributed by atoms with Crippen molar-refractivity contribution >= 4 is 29.1 Å². The summed E-state index contributed by atoms with van der Waals surface area (Å²) >= 11 is 5.93. The predicted octanol–water partition coefficient (Wildman–Crippen LogP) is 4.07. The number of piperazine rings is 1. The fraction of sp³-hybridized carbons (Fsp3) is 0.450. The lowest BCUT2D eigenvalue weighted by atomic mass is 10.00. The molecule has 1 saturated heterocycles. The monoisotopic (exact) mass is 387 g/mol. The lowest BCUT2D eigenvalue weighted by Gasteiger charge is -2.43. The lowest BCUT2D eigenvalue weighted by Crippen LogP contribution is -2.58. The summed E-state index contributed by atoms with van der Waals surface area (Å²) < 4.78 is 0. The second-order valence-corrected chi connectivity index (χ2v) is 7.45. The molecule has 1 fully saturated rings. The summed E-state index contributed by atoms with van der Waals surface area (Å²) in [6.45, 7) is 8.44. The Balaban J connectivity index is 1.70. The standard InChI is InChI=1S/C20H26ClN5O/c1-4-15-5-7-16(8-6-15)23-20(27)26-12-11-25(13-17(26)14(2)3)18-9-10-22-19(21)24-18/h5-10,14,17H,4,11-13H2,1-3H3,(H,23,27). The smallest absolute Gasteiger partial charge is 0.322 e. The van der Waals surface area contributed by atoms with Crippen LogP contribution in [0.25, 0.3) is 0 Å². The highest BCUT2D eigenvalue weighted by atomic mass is 35.5. The molecule has 0 bridgehead atoms. The second kappa shape index (κ2) is 8.57. The van der Waals surface area contributed by atoms with Crippen molar-refractivity contribution in [3.05, 3.63) is 47.4 Å². The molecule has 1 unspecified atom stereocenters. The number of aryl methyl sites for hydroxylation is 1. The first-order valence-electron chi connectivity index (χ1n) is 9.38. The SMILES string of the molecule is CCc1ccc(NC(=O)N2CCN(c3ccnc(Cl)n3)CC2C(C)C)cc1. The molecule has 1 aromatic carbocycles. The lowest BCUT2D eigenvalue weighted by molar-refractivity contribution is 0.156. The van der Waals surface area contributed by atoms with E-state index in [0.29, 0.717) is 25.6 Å². The number of carbonyl (C=O) groups excluding carboxylic acids is 1. The van der Waals surface area contributed by atoms with Gasteiger partial charge in [-0.05, 0) is 47.7 Å². The maximum absolute atomic E-state index is 12.9. The quantitative estimate of drug-likeness (QED) is 0.803. The van der Waals surface area contributed by atoms with Crippen LogP contribution in [0.3, 0.4) is 0 Å². The minimum Gasteiger partial charge on any atom is -0.353 e. The Morgan fingerprint density at radius 1 is 1.26 bits per heavy atom. The Labute approximate surface area is 165 Å². The Morgan fingerprint density at radius 3 is 2.63 bits per heavy atom. The van der Waals surface area contributed by atoms with Crippen molar-refractivity contribution in [2.45, 2.75) is 33.2 Å². The van der Waals surface area contributed by atoms with Crippen LogP contribution in [-0.2, 0) is 6.42 Å². The number of nitrogens with zero attached hydrogens (tertiary/aromatic N) is 4. The Hall–Kier alpha value is -2.34. The van der Waals surface area contributed by atoms with Crippen LogP contribution in [0.2, 0.25) is 5.28 Å². The topological polar surface area (TPSA) is 61.4 Å². The third-order valence-electron chi connectivity index (χ3n) is 5.00. The molecule has 27 heavy (non-hydrogen) atoms. The van der Waals surface area contributed by atoms with E-state index in [4.69, 9.17) is 11.6 Å². The zero-order valence-corrected chi connectivity index (χ0v) is 16.8. The highest BCUT2D eigenvalue weighted by Gasteiger charge is 2.33. The molecule has 2 aromatic rings. The molecule has 0 radical (unpaired) electrons. The summed E-state index contributed by atoms with van der Waals surface area (Å²) in [6, 6.07) is 9.90. The van der Waals surface area contributed by atoms with E-state index >= 15 is 0 Å². The molecule has 6 nitrogen and oxygen atoms in total. The summed E-state index contributed by atoms with van der Waals surface area (Å²) in [5.41, 5.74) is 2.08. The minimum atomic E-state index is -0.0571. The molecule has 0 saturated carbocycles. The van der Waals surface area contributed by atoms with Gasteiger partial charge in [0.2, 0.25) is 5.28 Å². The summed E-state index contributed by atoms with van der Waals surface area (Å²) in [6.07, 6.45) is 2.65. The van der Waals surface area contributed by atoms with Crippen LogP contribution in [0.1, 0.15) is 26.3 Å². The molecule has 0 aliphatic carbocycles. The van der Waals surface area contributed by atoms with Gasteiger partial charge in [-0.15, -0.1) is 0 Å². The highest BCUT2D eigenvalue weighted by molar-refractivity contribution is 6.28. The van der Waals surface area contributed by atoms with Crippen LogP contribution in [0.15, 0.2) is 36.5 Å². The number of hydrogen-bond donors (Lipinski definition) is 1. The van der Waals surface area contributed by atoms with Crippen molar-refractivity contribution in [3.8, 4) is 0 Å². The van der Waals surface area contributed by atoms with Gasteiger partial charge in [0.25, 0.3) is 0 Å². The molecule has 1 aliphatic heterocycles. The molecule has 3 rings (SSSR count). The third-order valence-corrected chi connectivity index (χ3v) is 5.18. The van der Waals surface area contributed by atoms with Crippen molar-refractivity contribution in [1.29, 1.82) is 0 Å². The van der Waals surface area contributed by atoms with Gasteiger partial charge < -0.3 is 15.1 Å². The van der Waals surface area contributed by atoms with E-state index in [1.165, 1.54) is 5.56 Å². The molecule has 1 atom stereocenters. The van der Waals surface area contributed by atoms with Crippen molar-refractivity contribution in [3.63, 3.8) is 0 Å². The van der Waals surface area contributed by atoms with E-state index in [1.54, 1.807) is 6.20 Å². The molecule has 1 aliphatic rings. The summed E-state index contributed by atoms with van der Waals surface area (Å²) in [5.74, 6) is 1.12. The first kappa shape index (κ1) is 19.4. The van der Waals surface area contributed by atoms with E-state index < -0.39 is 0 Å². The van der Waals surface area contributed by atoms with Gasteiger partial charge in [0.1, 0.15) is 5.82 Å². The van der Waals surface area contributed by atoms with Crippen molar-refractivity contribution in [1.82, 2.24) is 14.9 Å². The van der Waals surface area contributed by atoms with Crippen LogP contribution in [0.4, 0.5) is 16.3 Å². The van der Waals surface area contributed by atoms with Gasteiger partial charge in [-0.1, -0.05) is 32.9 Å². The first-order valence-corrected chi connectivity index (χ1v) is 9.75. The number of amides is 2. The van der Waals surface area contributed by atoms with Crippen molar-refractivity contribution in [2.24, 2.45) is 5.92 Å². The number of rotatable bonds is 4. The molecule has 144 valence electrons. The van der Waals surface area contributed by atoms with E-state index in [0.717, 1.165) is 17.9 Å². The molecule has 7 heteroatoms. The van der Waals surface area contributed by atoms with E-state index in [1.807, 2.05) is 35.2 Å². The highest BCUT2D eigenvalue weighted by Crippen LogP contribution is 2.23. The molecule has 1 N–H and O–H groups in total. The fourth-order valence-electron chi connectivity index (χ4n) is 3.36.